The molecule has 0 bridgehead atoms. The summed E-state index contributed by atoms with van der Waals surface area (Å²) in [6.45, 7) is 4.81. The molecule has 0 saturated carbocycles. The lowest BCUT2D eigenvalue weighted by Crippen LogP contribution is -2.63. The Kier molecular flexibility index (Phi) is 11.5. The van der Waals surface area contributed by atoms with Crippen LogP contribution in [0.3, 0.4) is 0 Å². The molecule has 11 heteroatoms. The van der Waals surface area contributed by atoms with Gasteiger partial charge in [-0.3, -0.25) is 19.2 Å². The molecular weight excluding hydrogens is 584 g/mol. The van der Waals surface area contributed by atoms with Crippen molar-refractivity contribution < 1.29 is 52.3 Å². The Morgan fingerprint density at radius 1 is 0.644 bits per heavy atom. The number of carbonyl (C=O) groups is 4. The Balaban J connectivity index is 1.57. The van der Waals surface area contributed by atoms with Gasteiger partial charge in [-0.2, -0.15) is 0 Å². The smallest absolute Gasteiger partial charge is 0.303 e. The Hall–Kier alpha value is -4.90. The third-order valence-corrected chi connectivity index (χ3v) is 6.73. The first-order valence-electron chi connectivity index (χ1n) is 14.4. The second-order valence-corrected chi connectivity index (χ2v) is 10.4. The number of para-hydroxylation sites is 1. The molecule has 45 heavy (non-hydrogen) atoms. The number of hydrogen-bond donors (Lipinski definition) is 0. The van der Waals surface area contributed by atoms with Gasteiger partial charge < -0.3 is 33.2 Å². The lowest BCUT2D eigenvalue weighted by molar-refractivity contribution is -0.288. The van der Waals surface area contributed by atoms with Crippen LogP contribution in [0.1, 0.15) is 44.4 Å². The topological polar surface area (TPSA) is 133 Å². The highest BCUT2D eigenvalue weighted by Crippen LogP contribution is 2.32. The van der Waals surface area contributed by atoms with E-state index in [1.54, 1.807) is 12.1 Å². The lowest BCUT2D eigenvalue weighted by atomic mass is 9.98. The molecule has 1 fully saturated rings. The summed E-state index contributed by atoms with van der Waals surface area (Å²) in [6, 6.07) is 24.8. The summed E-state index contributed by atoms with van der Waals surface area (Å²) in [6.07, 6.45) is -5.91. The highest BCUT2D eigenvalue weighted by molar-refractivity contribution is 5.68. The van der Waals surface area contributed by atoms with E-state index in [1.165, 1.54) is 13.8 Å². The number of rotatable bonds is 12. The van der Waals surface area contributed by atoms with Crippen LogP contribution < -0.4 is 9.47 Å². The molecular formula is C34H36O11. The van der Waals surface area contributed by atoms with Gasteiger partial charge in [-0.25, -0.2) is 0 Å². The number of hydrogen-bond acceptors (Lipinski definition) is 11. The average molecular weight is 621 g/mol. The zero-order valence-corrected chi connectivity index (χ0v) is 25.5. The third kappa shape index (κ3) is 9.80. The van der Waals surface area contributed by atoms with Crippen molar-refractivity contribution in [3.8, 4) is 11.5 Å². The van der Waals surface area contributed by atoms with Gasteiger partial charge in [0.05, 0.1) is 0 Å². The maximum atomic E-state index is 12.2. The Morgan fingerprint density at radius 3 is 1.89 bits per heavy atom. The van der Waals surface area contributed by atoms with E-state index in [1.807, 2.05) is 66.7 Å². The van der Waals surface area contributed by atoms with Crippen LogP contribution in [0.5, 0.6) is 11.5 Å². The molecule has 0 aliphatic carbocycles. The first-order chi connectivity index (χ1) is 21.6. The van der Waals surface area contributed by atoms with Crippen molar-refractivity contribution in [2.75, 3.05) is 6.61 Å². The van der Waals surface area contributed by atoms with E-state index in [0.717, 1.165) is 36.3 Å². The number of benzene rings is 3. The minimum atomic E-state index is -1.33. The molecule has 0 radical (unpaired) electrons. The fraction of sp³-hybridized carbons (Fsp3) is 0.353. The highest BCUT2D eigenvalue weighted by atomic mass is 16.7. The van der Waals surface area contributed by atoms with E-state index in [0.29, 0.717) is 18.8 Å². The predicted octanol–water partition coefficient (Wildman–Crippen LogP) is 4.32. The van der Waals surface area contributed by atoms with Crippen molar-refractivity contribution in [2.45, 2.75) is 71.4 Å². The molecule has 0 spiro atoms. The van der Waals surface area contributed by atoms with Crippen LogP contribution in [0, 0.1) is 0 Å². The third-order valence-electron chi connectivity index (χ3n) is 6.73. The van der Waals surface area contributed by atoms with Gasteiger partial charge in [-0.15, -0.1) is 0 Å². The summed E-state index contributed by atoms with van der Waals surface area (Å²) in [5.41, 5.74) is 2.82. The second-order valence-electron chi connectivity index (χ2n) is 10.4. The molecule has 1 heterocycles. The summed E-state index contributed by atoms with van der Waals surface area (Å²) >= 11 is 0. The van der Waals surface area contributed by atoms with Gasteiger partial charge in [-0.1, -0.05) is 60.7 Å². The van der Waals surface area contributed by atoms with Crippen molar-refractivity contribution in [1.82, 2.24) is 0 Å². The SMILES string of the molecule is CC(=O)OC[C@H]1O[C@H](Oc2ccccc2Cc2ccc(OCc3ccccc3)cc2)[C@H](OC(C)=O)[C@@H](OC(C)=O)[C@@H]1OC(C)=O. The second kappa shape index (κ2) is 15.7. The van der Waals surface area contributed by atoms with Gasteiger partial charge in [0.2, 0.25) is 12.4 Å². The number of esters is 4. The van der Waals surface area contributed by atoms with Crippen molar-refractivity contribution in [2.24, 2.45) is 0 Å². The van der Waals surface area contributed by atoms with Gasteiger partial charge in [0.15, 0.2) is 12.2 Å². The molecule has 3 aromatic carbocycles. The quantitative estimate of drug-likeness (QED) is 0.212. The Bertz CT molecular complexity index is 1450. The first kappa shape index (κ1) is 33.0. The van der Waals surface area contributed by atoms with Crippen LogP contribution in [0.15, 0.2) is 78.9 Å². The normalized spacial score (nSPS) is 20.8. The summed E-state index contributed by atoms with van der Waals surface area (Å²) in [5, 5.41) is 0. The fourth-order valence-corrected chi connectivity index (χ4v) is 4.84. The van der Waals surface area contributed by atoms with Crippen LogP contribution in [-0.2, 0) is 55.9 Å². The molecule has 1 saturated heterocycles. The standard InChI is InChI=1S/C34H36O11/c1-21(35)39-20-30-31(41-22(2)36)32(42-23(3)37)33(43-24(4)38)34(45-30)44-29-13-9-8-12-27(29)18-25-14-16-28(17-15-25)40-19-26-10-6-5-7-11-26/h5-17,30-34H,18-20H2,1-4H3/t30-,31-,32+,33-,34+/m1/s1. The van der Waals surface area contributed by atoms with E-state index >= 15 is 0 Å². The van der Waals surface area contributed by atoms with Gasteiger partial charge in [0, 0.05) is 34.1 Å². The molecule has 1 aliphatic rings. The summed E-state index contributed by atoms with van der Waals surface area (Å²) in [4.78, 5) is 47.9. The molecule has 3 aromatic rings. The van der Waals surface area contributed by atoms with Crippen LogP contribution in [0.2, 0.25) is 0 Å². The average Bonchev–Trinajstić information content (AvgIpc) is 2.99. The van der Waals surface area contributed by atoms with E-state index in [2.05, 4.69) is 0 Å². The van der Waals surface area contributed by atoms with Crippen LogP contribution in [-0.4, -0.2) is 61.2 Å². The summed E-state index contributed by atoms with van der Waals surface area (Å²) < 4.78 is 39.9. The molecule has 0 unspecified atom stereocenters. The summed E-state index contributed by atoms with van der Waals surface area (Å²) in [7, 11) is 0. The zero-order chi connectivity index (χ0) is 32.3. The van der Waals surface area contributed by atoms with Crippen LogP contribution >= 0.6 is 0 Å². The van der Waals surface area contributed by atoms with Gasteiger partial charge in [0.25, 0.3) is 0 Å². The molecule has 0 amide bonds. The highest BCUT2D eigenvalue weighted by Gasteiger charge is 2.53. The maximum Gasteiger partial charge on any atom is 0.303 e. The van der Waals surface area contributed by atoms with E-state index in [9.17, 15) is 19.2 Å². The number of ether oxygens (including phenoxy) is 7. The minimum Gasteiger partial charge on any atom is -0.489 e. The van der Waals surface area contributed by atoms with E-state index in [4.69, 9.17) is 33.2 Å². The summed E-state index contributed by atoms with van der Waals surface area (Å²) in [5.74, 6) is -1.62. The molecule has 4 rings (SSSR count). The minimum absolute atomic E-state index is 0.349. The lowest BCUT2D eigenvalue weighted by Gasteiger charge is -2.44. The molecule has 1 aliphatic heterocycles. The fourth-order valence-electron chi connectivity index (χ4n) is 4.84. The van der Waals surface area contributed by atoms with Gasteiger partial charge in [0.1, 0.15) is 30.8 Å². The molecule has 238 valence electrons. The van der Waals surface area contributed by atoms with Crippen molar-refractivity contribution >= 4 is 23.9 Å². The van der Waals surface area contributed by atoms with Crippen molar-refractivity contribution in [3.05, 3.63) is 95.6 Å². The first-order valence-corrected chi connectivity index (χ1v) is 14.4. The Morgan fingerprint density at radius 2 is 1.24 bits per heavy atom. The predicted molar refractivity (Wildman–Crippen MR) is 159 cm³/mol. The van der Waals surface area contributed by atoms with Crippen molar-refractivity contribution in [1.29, 1.82) is 0 Å². The largest absolute Gasteiger partial charge is 0.489 e. The molecule has 0 aromatic heterocycles. The van der Waals surface area contributed by atoms with E-state index in [-0.39, 0.29) is 6.61 Å². The van der Waals surface area contributed by atoms with Gasteiger partial charge in [-0.05, 0) is 34.9 Å². The Labute approximate surface area is 261 Å². The molecule has 11 nitrogen and oxygen atoms in total. The molecule has 0 N–H and O–H groups in total. The molecule has 5 atom stereocenters. The van der Waals surface area contributed by atoms with Crippen LogP contribution in [0.25, 0.3) is 0 Å². The maximum absolute atomic E-state index is 12.2. The van der Waals surface area contributed by atoms with Crippen LogP contribution in [0.4, 0.5) is 0 Å². The monoisotopic (exact) mass is 620 g/mol. The van der Waals surface area contributed by atoms with E-state index < -0.39 is 54.6 Å². The zero-order valence-electron chi connectivity index (χ0n) is 25.5. The van der Waals surface area contributed by atoms with Gasteiger partial charge >= 0.3 is 23.9 Å². The number of carbonyl (C=O) groups excluding carboxylic acids is 4. The van der Waals surface area contributed by atoms with Crippen molar-refractivity contribution in [3.63, 3.8) is 0 Å².